The summed E-state index contributed by atoms with van der Waals surface area (Å²) in [5.74, 6) is -2.76. The number of hydrogen-bond donors (Lipinski definition) is 3. The van der Waals surface area contributed by atoms with E-state index in [-0.39, 0.29) is 12.2 Å². The Kier molecular flexibility index (Phi) is 5.69. The van der Waals surface area contributed by atoms with Crippen LogP contribution in [-0.2, 0) is 11.4 Å². The number of carboxylic acids is 1. The molecule has 0 atom stereocenters. The van der Waals surface area contributed by atoms with E-state index in [9.17, 15) is 17.6 Å². The molecule has 1 aliphatic heterocycles. The zero-order valence-corrected chi connectivity index (χ0v) is 12.7. The average molecular weight is 362 g/mol. The first-order valence-electron chi connectivity index (χ1n) is 7.05. The number of alkyl halides is 3. The lowest BCUT2D eigenvalue weighted by Gasteiger charge is -2.24. The van der Waals surface area contributed by atoms with Crippen molar-refractivity contribution in [3.05, 3.63) is 41.5 Å². The van der Waals surface area contributed by atoms with Gasteiger partial charge in [0.25, 0.3) is 0 Å². The number of aliphatic hydroxyl groups is 1. The molecule has 0 radical (unpaired) electrons. The van der Waals surface area contributed by atoms with Crippen LogP contribution in [-0.4, -0.2) is 50.4 Å². The molecule has 3 N–H and O–H groups in total. The molecule has 136 valence electrons. The molecule has 0 unspecified atom stereocenters. The number of carbonyl (C=O) groups is 1. The fourth-order valence-corrected chi connectivity index (χ4v) is 1.91. The molecule has 25 heavy (non-hydrogen) atoms. The average Bonchev–Trinajstić information content (AvgIpc) is 2.95. The number of aliphatic carboxylic acids is 1. The summed E-state index contributed by atoms with van der Waals surface area (Å²) in [7, 11) is 0. The van der Waals surface area contributed by atoms with E-state index in [1.807, 2.05) is 6.20 Å². The summed E-state index contributed by atoms with van der Waals surface area (Å²) in [6.45, 7) is 1.52. The molecule has 1 aliphatic rings. The molecule has 11 heteroatoms. The van der Waals surface area contributed by atoms with Gasteiger partial charge in [0.1, 0.15) is 5.82 Å². The van der Waals surface area contributed by atoms with Gasteiger partial charge in [0.05, 0.1) is 24.2 Å². The molecule has 0 saturated carbocycles. The number of hydrogen-bond acceptors (Lipinski definition) is 5. The van der Waals surface area contributed by atoms with Gasteiger partial charge in [-0.05, 0) is 18.2 Å². The van der Waals surface area contributed by atoms with Gasteiger partial charge in [0.15, 0.2) is 0 Å². The predicted octanol–water partition coefficient (Wildman–Crippen LogP) is 1.22. The van der Waals surface area contributed by atoms with Gasteiger partial charge >= 0.3 is 12.1 Å². The molecule has 1 saturated heterocycles. The van der Waals surface area contributed by atoms with Crippen molar-refractivity contribution in [1.29, 1.82) is 0 Å². The molecule has 2 aromatic rings. The summed E-state index contributed by atoms with van der Waals surface area (Å²) in [6, 6.07) is 4.52. The third-order valence-corrected chi connectivity index (χ3v) is 3.42. The van der Waals surface area contributed by atoms with Crippen LogP contribution in [0.2, 0.25) is 0 Å². The summed E-state index contributed by atoms with van der Waals surface area (Å²) in [5.41, 5.74) is 1.89. The Morgan fingerprint density at radius 3 is 2.48 bits per heavy atom. The first kappa shape index (κ1) is 18.8. The van der Waals surface area contributed by atoms with Gasteiger partial charge in [-0.25, -0.2) is 13.9 Å². The maximum Gasteiger partial charge on any atom is 0.490 e. The van der Waals surface area contributed by atoms with E-state index in [0.717, 1.165) is 18.8 Å². The van der Waals surface area contributed by atoms with Crippen molar-refractivity contribution < 1.29 is 32.6 Å². The molecule has 0 bridgehead atoms. The molecule has 0 spiro atoms. The van der Waals surface area contributed by atoms with Gasteiger partial charge in [0.2, 0.25) is 0 Å². The molecule has 7 nitrogen and oxygen atoms in total. The van der Waals surface area contributed by atoms with Crippen LogP contribution in [0.15, 0.2) is 24.4 Å². The van der Waals surface area contributed by atoms with Crippen molar-refractivity contribution in [1.82, 2.24) is 20.3 Å². The molecular weight excluding hydrogens is 348 g/mol. The molecule has 3 rings (SSSR count). The largest absolute Gasteiger partial charge is 0.490 e. The van der Waals surface area contributed by atoms with Gasteiger partial charge in [-0.15, -0.1) is 5.10 Å². The molecule has 1 aromatic heterocycles. The molecular formula is C14H14F4N4O3. The smallest absolute Gasteiger partial charge is 0.475 e. The Hall–Kier alpha value is -2.53. The minimum absolute atomic E-state index is 0.259. The van der Waals surface area contributed by atoms with Crippen LogP contribution in [0.1, 0.15) is 17.2 Å². The van der Waals surface area contributed by atoms with E-state index >= 15 is 0 Å². The highest BCUT2D eigenvalue weighted by Gasteiger charge is 2.38. The van der Waals surface area contributed by atoms with Crippen molar-refractivity contribution >= 4 is 5.97 Å². The molecule has 0 amide bonds. The van der Waals surface area contributed by atoms with Crippen molar-refractivity contribution in [3.8, 4) is 5.69 Å². The van der Waals surface area contributed by atoms with Crippen LogP contribution in [0.5, 0.6) is 0 Å². The number of benzene rings is 1. The third kappa shape index (κ3) is 4.73. The number of halogens is 4. The second kappa shape index (κ2) is 7.57. The number of aromatic nitrogens is 3. The zero-order chi connectivity index (χ0) is 18.6. The van der Waals surface area contributed by atoms with Crippen molar-refractivity contribution in [2.75, 3.05) is 13.1 Å². The fourth-order valence-electron chi connectivity index (χ4n) is 1.91. The van der Waals surface area contributed by atoms with E-state index < -0.39 is 18.0 Å². The van der Waals surface area contributed by atoms with E-state index in [4.69, 9.17) is 15.0 Å². The minimum atomic E-state index is -5.08. The summed E-state index contributed by atoms with van der Waals surface area (Å²) in [5, 5.41) is 27.5. The lowest BCUT2D eigenvalue weighted by atomic mass is 10.0. The zero-order valence-electron chi connectivity index (χ0n) is 12.7. The maximum absolute atomic E-state index is 13.3. The van der Waals surface area contributed by atoms with Gasteiger partial charge in [-0.2, -0.15) is 13.2 Å². The highest BCUT2D eigenvalue weighted by atomic mass is 19.4. The summed E-state index contributed by atoms with van der Waals surface area (Å²) in [4.78, 5) is 8.90. The normalized spacial score (nSPS) is 14.4. The standard InChI is InChI=1S/C12H13FN4O.C2HF3O2/c13-11-2-1-10(3-8(11)7-18)17-6-12(15-16-17)9-4-14-5-9;3-2(4,5)1(6)7/h1-3,6,9,14,18H,4-5,7H2;(H,6,7). The second-order valence-corrected chi connectivity index (χ2v) is 5.18. The number of nitrogens with one attached hydrogen (secondary N) is 1. The lowest BCUT2D eigenvalue weighted by Crippen LogP contribution is -2.40. The lowest BCUT2D eigenvalue weighted by molar-refractivity contribution is -0.192. The number of rotatable bonds is 3. The van der Waals surface area contributed by atoms with Crippen molar-refractivity contribution in [2.24, 2.45) is 0 Å². The first-order valence-corrected chi connectivity index (χ1v) is 7.05. The molecule has 0 aliphatic carbocycles. The topological polar surface area (TPSA) is 100 Å². The van der Waals surface area contributed by atoms with E-state index in [1.165, 1.54) is 6.07 Å². The van der Waals surface area contributed by atoms with Crippen molar-refractivity contribution in [2.45, 2.75) is 18.7 Å². The van der Waals surface area contributed by atoms with E-state index in [1.54, 1.807) is 16.8 Å². The van der Waals surface area contributed by atoms with Gasteiger partial charge in [0, 0.05) is 24.6 Å². The SMILES string of the molecule is O=C(O)C(F)(F)F.OCc1cc(-n2cc(C3CNC3)nn2)ccc1F. The molecule has 2 heterocycles. The Morgan fingerprint density at radius 2 is 2.00 bits per heavy atom. The Bertz CT molecular complexity index is 744. The van der Waals surface area contributed by atoms with Crippen LogP contribution in [0.3, 0.4) is 0 Å². The van der Waals surface area contributed by atoms with Gasteiger partial charge < -0.3 is 15.5 Å². The second-order valence-electron chi connectivity index (χ2n) is 5.18. The summed E-state index contributed by atoms with van der Waals surface area (Å²) < 4.78 is 46.6. The Morgan fingerprint density at radius 1 is 1.36 bits per heavy atom. The highest BCUT2D eigenvalue weighted by Crippen LogP contribution is 2.19. The van der Waals surface area contributed by atoms with Gasteiger partial charge in [-0.1, -0.05) is 5.21 Å². The third-order valence-electron chi connectivity index (χ3n) is 3.42. The summed E-state index contributed by atoms with van der Waals surface area (Å²) in [6.07, 6.45) is -3.24. The predicted molar refractivity (Wildman–Crippen MR) is 76.5 cm³/mol. The Balaban J connectivity index is 0.000000277. The highest BCUT2D eigenvalue weighted by molar-refractivity contribution is 5.73. The fraction of sp³-hybridized carbons (Fsp3) is 0.357. The quantitative estimate of drug-likeness (QED) is 0.710. The number of aliphatic hydroxyl groups excluding tert-OH is 1. The van der Waals surface area contributed by atoms with Crippen LogP contribution >= 0.6 is 0 Å². The van der Waals surface area contributed by atoms with Crippen LogP contribution < -0.4 is 5.32 Å². The minimum Gasteiger partial charge on any atom is -0.475 e. The number of carboxylic acid groups (broad SMARTS) is 1. The Labute approximate surface area is 138 Å². The van der Waals surface area contributed by atoms with E-state index in [2.05, 4.69) is 15.6 Å². The number of nitrogens with zero attached hydrogens (tertiary/aromatic N) is 3. The van der Waals surface area contributed by atoms with Crippen LogP contribution in [0.4, 0.5) is 17.6 Å². The van der Waals surface area contributed by atoms with Crippen LogP contribution in [0, 0.1) is 5.82 Å². The summed E-state index contributed by atoms with van der Waals surface area (Å²) >= 11 is 0. The maximum atomic E-state index is 13.3. The van der Waals surface area contributed by atoms with Crippen molar-refractivity contribution in [3.63, 3.8) is 0 Å². The molecule has 1 aromatic carbocycles. The molecule has 1 fully saturated rings. The van der Waals surface area contributed by atoms with E-state index in [0.29, 0.717) is 11.6 Å². The van der Waals surface area contributed by atoms with Crippen LogP contribution in [0.25, 0.3) is 5.69 Å². The van der Waals surface area contributed by atoms with Gasteiger partial charge in [-0.3, -0.25) is 0 Å². The monoisotopic (exact) mass is 362 g/mol. The first-order chi connectivity index (χ1) is 11.7.